The summed E-state index contributed by atoms with van der Waals surface area (Å²) in [7, 11) is -3.85. The highest BCUT2D eigenvalue weighted by atomic mass is 32.2. The van der Waals surface area contributed by atoms with Crippen LogP contribution in [-0.4, -0.2) is 8.42 Å². The van der Waals surface area contributed by atoms with Gasteiger partial charge in [-0.05, 0) is 36.8 Å². The Morgan fingerprint density at radius 1 is 1.00 bits per heavy atom. The molecule has 18 heavy (non-hydrogen) atoms. The maximum Gasteiger partial charge on any atom is 0.407 e. The fourth-order valence-corrected chi connectivity index (χ4v) is 2.30. The van der Waals surface area contributed by atoms with Gasteiger partial charge in [0.25, 0.3) is 0 Å². The molecule has 5 heteroatoms. The lowest BCUT2D eigenvalue weighted by Crippen LogP contribution is -2.19. The van der Waals surface area contributed by atoms with Crippen LogP contribution in [0.1, 0.15) is 5.56 Å². The van der Waals surface area contributed by atoms with E-state index >= 15 is 0 Å². The summed E-state index contributed by atoms with van der Waals surface area (Å²) in [5.41, 5.74) is 1.45. The van der Waals surface area contributed by atoms with Gasteiger partial charge in [-0.15, -0.1) is 0 Å². The van der Waals surface area contributed by atoms with E-state index in [2.05, 4.69) is 4.72 Å². The number of aryl methyl sites for hydroxylation is 1. The van der Waals surface area contributed by atoms with Crippen molar-refractivity contribution in [3.05, 3.63) is 60.2 Å². The van der Waals surface area contributed by atoms with Crippen molar-refractivity contribution in [1.82, 2.24) is 0 Å². The van der Waals surface area contributed by atoms with Crippen molar-refractivity contribution >= 4 is 16.0 Å². The normalized spacial score (nSPS) is 10.9. The van der Waals surface area contributed by atoms with Crippen LogP contribution in [0, 0.1) is 6.92 Å². The molecule has 0 atom stereocenters. The highest BCUT2D eigenvalue weighted by Crippen LogP contribution is 2.15. The summed E-state index contributed by atoms with van der Waals surface area (Å²) in [6, 6.07) is 15.4. The first-order valence-corrected chi connectivity index (χ1v) is 6.80. The zero-order valence-electron chi connectivity index (χ0n) is 9.83. The van der Waals surface area contributed by atoms with Gasteiger partial charge < -0.3 is 4.18 Å². The number of hydrogen-bond donors (Lipinski definition) is 1. The van der Waals surface area contributed by atoms with E-state index < -0.39 is 10.3 Å². The second-order valence-corrected chi connectivity index (χ2v) is 5.10. The van der Waals surface area contributed by atoms with Crippen molar-refractivity contribution < 1.29 is 12.6 Å². The van der Waals surface area contributed by atoms with Crippen LogP contribution in [0.5, 0.6) is 5.75 Å². The summed E-state index contributed by atoms with van der Waals surface area (Å²) in [6.07, 6.45) is 0. The van der Waals surface area contributed by atoms with Gasteiger partial charge in [0.1, 0.15) is 5.75 Å². The van der Waals surface area contributed by atoms with Crippen molar-refractivity contribution in [3.8, 4) is 5.75 Å². The third-order valence-corrected chi connectivity index (χ3v) is 3.11. The molecule has 2 aromatic carbocycles. The fourth-order valence-electron chi connectivity index (χ4n) is 1.48. The van der Waals surface area contributed by atoms with Gasteiger partial charge in [0.05, 0.1) is 5.69 Å². The Morgan fingerprint density at radius 3 is 2.39 bits per heavy atom. The molecular weight excluding hydrogens is 250 g/mol. The molecule has 0 radical (unpaired) electrons. The Bertz CT molecular complexity index is 624. The van der Waals surface area contributed by atoms with E-state index in [1.54, 1.807) is 48.5 Å². The minimum atomic E-state index is -3.85. The molecule has 94 valence electrons. The molecule has 0 aliphatic rings. The lowest BCUT2D eigenvalue weighted by atomic mass is 10.2. The highest BCUT2D eigenvalue weighted by Gasteiger charge is 2.12. The molecule has 2 rings (SSSR count). The molecule has 4 nitrogen and oxygen atoms in total. The van der Waals surface area contributed by atoms with E-state index in [0.29, 0.717) is 5.69 Å². The molecule has 0 heterocycles. The Morgan fingerprint density at radius 2 is 1.72 bits per heavy atom. The molecule has 0 unspecified atom stereocenters. The molecule has 1 N–H and O–H groups in total. The van der Waals surface area contributed by atoms with Gasteiger partial charge in [-0.1, -0.05) is 30.3 Å². The van der Waals surface area contributed by atoms with E-state index in [0.717, 1.165) is 5.56 Å². The Balaban J connectivity index is 2.13. The molecule has 0 bridgehead atoms. The van der Waals surface area contributed by atoms with Gasteiger partial charge in [0.15, 0.2) is 0 Å². The van der Waals surface area contributed by atoms with Crippen LogP contribution in [0.25, 0.3) is 0 Å². The summed E-state index contributed by atoms with van der Waals surface area (Å²) in [5.74, 6) is 0.276. The number of hydrogen-bond acceptors (Lipinski definition) is 3. The van der Waals surface area contributed by atoms with Gasteiger partial charge in [0.2, 0.25) is 0 Å². The van der Waals surface area contributed by atoms with Crippen molar-refractivity contribution in [2.75, 3.05) is 4.72 Å². The van der Waals surface area contributed by atoms with Crippen LogP contribution in [0.2, 0.25) is 0 Å². The quantitative estimate of drug-likeness (QED) is 0.922. The van der Waals surface area contributed by atoms with E-state index in [-0.39, 0.29) is 5.75 Å². The minimum Gasteiger partial charge on any atom is -0.367 e. The van der Waals surface area contributed by atoms with E-state index in [9.17, 15) is 8.42 Å². The van der Waals surface area contributed by atoms with Crippen LogP contribution in [0.15, 0.2) is 54.6 Å². The van der Waals surface area contributed by atoms with Gasteiger partial charge in [-0.2, -0.15) is 8.42 Å². The average Bonchev–Trinajstić information content (AvgIpc) is 2.28. The van der Waals surface area contributed by atoms with E-state index in [1.165, 1.54) is 0 Å². The minimum absolute atomic E-state index is 0.276. The predicted octanol–water partition coefficient (Wildman–Crippen LogP) is 2.73. The molecule has 0 amide bonds. The molecule has 0 fully saturated rings. The van der Waals surface area contributed by atoms with Gasteiger partial charge >= 0.3 is 10.3 Å². The Labute approximate surface area is 106 Å². The largest absolute Gasteiger partial charge is 0.407 e. The number of nitrogens with one attached hydrogen (secondary N) is 1. The van der Waals surface area contributed by atoms with Gasteiger partial charge in [-0.3, -0.25) is 4.72 Å². The fraction of sp³-hybridized carbons (Fsp3) is 0.0769. The lowest BCUT2D eigenvalue weighted by molar-refractivity contribution is 0.492. The number of benzene rings is 2. The second-order valence-electron chi connectivity index (χ2n) is 3.82. The van der Waals surface area contributed by atoms with Crippen LogP contribution in [0.3, 0.4) is 0 Å². The summed E-state index contributed by atoms with van der Waals surface area (Å²) < 4.78 is 30.8. The third-order valence-electron chi connectivity index (χ3n) is 2.21. The summed E-state index contributed by atoms with van der Waals surface area (Å²) >= 11 is 0. The standard InChI is InChI=1S/C13H13NO3S/c1-11-6-5-7-12(10-11)14-18(15,16)17-13-8-3-2-4-9-13/h2-10,14H,1H3. The van der Waals surface area contributed by atoms with Crippen molar-refractivity contribution in [2.45, 2.75) is 6.92 Å². The first kappa shape index (κ1) is 12.4. The summed E-state index contributed by atoms with van der Waals surface area (Å²) in [6.45, 7) is 1.88. The number of rotatable bonds is 4. The topological polar surface area (TPSA) is 55.4 Å². The summed E-state index contributed by atoms with van der Waals surface area (Å²) in [4.78, 5) is 0. The summed E-state index contributed by atoms with van der Waals surface area (Å²) in [5, 5.41) is 0. The van der Waals surface area contributed by atoms with Crippen LogP contribution >= 0.6 is 0 Å². The maximum atomic E-state index is 11.7. The molecule has 0 aliphatic carbocycles. The molecule has 0 saturated carbocycles. The zero-order chi connectivity index (χ0) is 13.0. The first-order chi connectivity index (χ1) is 8.55. The lowest BCUT2D eigenvalue weighted by Gasteiger charge is -2.09. The van der Waals surface area contributed by atoms with Crippen LogP contribution < -0.4 is 8.91 Å². The second kappa shape index (κ2) is 5.10. The molecule has 2 aromatic rings. The third kappa shape index (κ3) is 3.49. The highest BCUT2D eigenvalue weighted by molar-refractivity contribution is 7.88. The maximum absolute atomic E-state index is 11.7. The van der Waals surface area contributed by atoms with Crippen molar-refractivity contribution in [1.29, 1.82) is 0 Å². The van der Waals surface area contributed by atoms with E-state index in [4.69, 9.17) is 4.18 Å². The Hall–Kier alpha value is -2.01. The molecule has 0 aromatic heterocycles. The Kier molecular flexibility index (Phi) is 3.53. The monoisotopic (exact) mass is 263 g/mol. The van der Waals surface area contributed by atoms with Crippen molar-refractivity contribution in [2.24, 2.45) is 0 Å². The first-order valence-electron chi connectivity index (χ1n) is 5.39. The smallest absolute Gasteiger partial charge is 0.367 e. The van der Waals surface area contributed by atoms with Crippen LogP contribution in [-0.2, 0) is 10.3 Å². The SMILES string of the molecule is Cc1cccc(NS(=O)(=O)Oc2ccccc2)c1. The van der Waals surface area contributed by atoms with Gasteiger partial charge in [0, 0.05) is 0 Å². The molecule has 0 aliphatic heterocycles. The molecule has 0 spiro atoms. The number of para-hydroxylation sites is 1. The van der Waals surface area contributed by atoms with Gasteiger partial charge in [-0.25, -0.2) is 0 Å². The molecular formula is C13H13NO3S. The zero-order valence-corrected chi connectivity index (χ0v) is 10.6. The number of anilines is 1. The van der Waals surface area contributed by atoms with Crippen molar-refractivity contribution in [3.63, 3.8) is 0 Å². The molecule has 0 saturated heterocycles. The van der Waals surface area contributed by atoms with Crippen LogP contribution in [0.4, 0.5) is 5.69 Å². The van der Waals surface area contributed by atoms with E-state index in [1.807, 2.05) is 13.0 Å². The average molecular weight is 263 g/mol. The predicted molar refractivity (Wildman–Crippen MR) is 70.8 cm³/mol.